The Balaban J connectivity index is 1.31. The molecule has 33 heavy (non-hydrogen) atoms. The van der Waals surface area contributed by atoms with E-state index in [0.29, 0.717) is 4.88 Å². The fraction of sp³-hybridized carbons (Fsp3) is 0.577. The summed E-state index contributed by atoms with van der Waals surface area (Å²) in [6, 6.07) is 13.8. The number of aliphatic hydroxyl groups is 1. The molecule has 0 spiro atoms. The van der Waals surface area contributed by atoms with E-state index in [1.54, 1.807) is 17.5 Å². The topological polar surface area (TPSA) is 46.5 Å². The largest absolute Gasteiger partial charge is 0.454 e. The van der Waals surface area contributed by atoms with Crippen molar-refractivity contribution >= 4 is 17.3 Å². The van der Waals surface area contributed by atoms with Gasteiger partial charge in [-0.3, -0.25) is 0 Å². The highest BCUT2D eigenvalue weighted by Crippen LogP contribution is 2.49. The molecule has 2 bridgehead atoms. The molecule has 0 radical (unpaired) electrons. The van der Waals surface area contributed by atoms with Crippen molar-refractivity contribution in [3.63, 3.8) is 0 Å². The molecular weight excluding hydrogens is 444 g/mol. The van der Waals surface area contributed by atoms with Gasteiger partial charge in [-0.2, -0.15) is 0 Å². The SMILES string of the molecule is O=C(O[C@H]1C[N+]2(CCc3ccccc3)CCC1CC2)C(O)(c1cccs1)C1CCC(F)(F)C1. The Labute approximate surface area is 197 Å². The molecule has 4 fully saturated rings. The minimum absolute atomic E-state index is 0.113. The van der Waals surface area contributed by atoms with E-state index < -0.39 is 29.8 Å². The molecule has 1 N–H and O–H groups in total. The van der Waals surface area contributed by atoms with Crippen molar-refractivity contribution in [2.24, 2.45) is 11.8 Å². The molecule has 1 aromatic heterocycles. The normalized spacial score (nSPS) is 32.4. The molecule has 2 aromatic rings. The number of ether oxygens (including phenoxy) is 1. The number of hydrogen-bond acceptors (Lipinski definition) is 4. The predicted octanol–water partition coefficient (Wildman–Crippen LogP) is 4.77. The standard InChI is InChI=1S/C26H32F2NO3S/c27-25(28)12-8-21(17-25)26(31,23-7-4-16-33-23)24(30)32-22-18-29(14-10-20(22)11-15-29)13-9-19-5-2-1-3-6-19/h1-7,16,20-22,31H,8-15,17-18H2/q+1/t20?,21?,22-,26?,29?/m0/s1. The Bertz CT molecular complexity index is 959. The van der Waals surface area contributed by atoms with E-state index in [0.717, 1.165) is 49.9 Å². The van der Waals surface area contributed by atoms with Crippen LogP contribution in [0.15, 0.2) is 47.8 Å². The lowest BCUT2D eigenvalue weighted by Gasteiger charge is -2.52. The maximum Gasteiger partial charge on any atom is 0.344 e. The number of benzene rings is 1. The lowest BCUT2D eigenvalue weighted by molar-refractivity contribution is -0.946. The molecule has 6 rings (SSSR count). The van der Waals surface area contributed by atoms with Crippen LogP contribution in [-0.4, -0.2) is 53.8 Å². The van der Waals surface area contributed by atoms with Crippen molar-refractivity contribution in [3.8, 4) is 0 Å². The van der Waals surface area contributed by atoms with Crippen molar-refractivity contribution in [1.82, 2.24) is 0 Å². The zero-order chi connectivity index (χ0) is 23.1. The lowest BCUT2D eigenvalue weighted by atomic mass is 9.81. The summed E-state index contributed by atoms with van der Waals surface area (Å²) in [5.41, 5.74) is -0.699. The molecule has 4 aliphatic rings. The molecule has 1 saturated carbocycles. The summed E-state index contributed by atoms with van der Waals surface area (Å²) < 4.78 is 35.0. The summed E-state index contributed by atoms with van der Waals surface area (Å²) in [6.07, 6.45) is 2.01. The summed E-state index contributed by atoms with van der Waals surface area (Å²) in [5.74, 6) is -4.14. The van der Waals surface area contributed by atoms with Gasteiger partial charge in [0, 0.05) is 48.8 Å². The van der Waals surface area contributed by atoms with Gasteiger partial charge >= 0.3 is 5.97 Å². The van der Waals surface area contributed by atoms with Gasteiger partial charge in [0.05, 0.1) is 19.6 Å². The van der Waals surface area contributed by atoms with Gasteiger partial charge in [0.2, 0.25) is 5.92 Å². The fourth-order valence-electron chi connectivity index (χ4n) is 6.18. The van der Waals surface area contributed by atoms with Crippen LogP contribution in [0.3, 0.4) is 0 Å². The van der Waals surface area contributed by atoms with Gasteiger partial charge < -0.3 is 14.3 Å². The van der Waals surface area contributed by atoms with E-state index in [1.165, 1.54) is 16.9 Å². The fourth-order valence-corrected chi connectivity index (χ4v) is 7.07. The van der Waals surface area contributed by atoms with Crippen LogP contribution in [0, 0.1) is 11.8 Å². The molecule has 3 saturated heterocycles. The minimum atomic E-state index is -2.85. The van der Waals surface area contributed by atoms with Crippen LogP contribution in [0.4, 0.5) is 8.78 Å². The second-order valence-electron chi connectivity index (χ2n) is 10.3. The maximum absolute atomic E-state index is 14.0. The Morgan fingerprint density at radius 3 is 2.55 bits per heavy atom. The summed E-state index contributed by atoms with van der Waals surface area (Å²) in [4.78, 5) is 13.9. The third kappa shape index (κ3) is 4.47. The minimum Gasteiger partial charge on any atom is -0.454 e. The smallest absolute Gasteiger partial charge is 0.344 e. The first-order chi connectivity index (χ1) is 15.8. The number of halogens is 2. The number of nitrogens with zero attached hydrogens (tertiary/aromatic N) is 1. The number of hydrogen-bond donors (Lipinski definition) is 1. The molecular formula is C26H32F2NO3S+. The second kappa shape index (κ2) is 8.75. The van der Waals surface area contributed by atoms with E-state index in [9.17, 15) is 18.7 Å². The average molecular weight is 477 g/mol. The third-order valence-corrected chi connectivity index (χ3v) is 9.21. The summed E-state index contributed by atoms with van der Waals surface area (Å²) in [5, 5.41) is 13.3. The van der Waals surface area contributed by atoms with E-state index in [1.807, 2.05) is 6.07 Å². The molecule has 3 aliphatic heterocycles. The van der Waals surface area contributed by atoms with E-state index in [4.69, 9.17) is 4.74 Å². The van der Waals surface area contributed by atoms with Crippen molar-refractivity contribution in [2.45, 2.75) is 56.2 Å². The number of piperidine rings is 3. The van der Waals surface area contributed by atoms with Gasteiger partial charge in [0.25, 0.3) is 0 Å². The quantitative estimate of drug-likeness (QED) is 0.463. The number of fused-ring (bicyclic) bond motifs is 3. The second-order valence-corrected chi connectivity index (χ2v) is 11.2. The van der Waals surface area contributed by atoms with Crippen LogP contribution < -0.4 is 0 Å². The van der Waals surface area contributed by atoms with E-state index >= 15 is 0 Å². The van der Waals surface area contributed by atoms with E-state index in [-0.39, 0.29) is 24.9 Å². The third-order valence-electron chi connectivity index (χ3n) is 8.22. The van der Waals surface area contributed by atoms with Crippen LogP contribution >= 0.6 is 11.3 Å². The number of quaternary nitrogens is 1. The molecule has 2 unspecified atom stereocenters. The number of thiophene rings is 1. The van der Waals surface area contributed by atoms with Gasteiger partial charge in [0.1, 0.15) is 6.54 Å². The molecule has 1 aromatic carbocycles. The molecule has 1 aliphatic carbocycles. The van der Waals surface area contributed by atoms with Gasteiger partial charge in [-0.05, 0) is 23.4 Å². The molecule has 4 heterocycles. The monoisotopic (exact) mass is 476 g/mol. The first-order valence-electron chi connectivity index (χ1n) is 12.0. The zero-order valence-corrected chi connectivity index (χ0v) is 19.6. The van der Waals surface area contributed by atoms with E-state index in [2.05, 4.69) is 24.3 Å². The highest BCUT2D eigenvalue weighted by atomic mass is 32.1. The van der Waals surface area contributed by atoms with Crippen LogP contribution in [0.2, 0.25) is 0 Å². The lowest BCUT2D eigenvalue weighted by Crippen LogP contribution is -2.65. The van der Waals surface area contributed by atoms with Crippen molar-refractivity contribution in [3.05, 3.63) is 58.3 Å². The van der Waals surface area contributed by atoms with Crippen molar-refractivity contribution in [2.75, 3.05) is 26.2 Å². The van der Waals surface area contributed by atoms with Crippen LogP contribution in [0.1, 0.15) is 42.5 Å². The molecule has 3 atom stereocenters. The highest BCUT2D eigenvalue weighted by Gasteiger charge is 2.56. The number of carbonyl (C=O) groups excluding carboxylic acids is 1. The summed E-state index contributed by atoms with van der Waals surface area (Å²) in [7, 11) is 0. The summed E-state index contributed by atoms with van der Waals surface area (Å²) >= 11 is 1.23. The molecule has 7 heteroatoms. The molecule has 4 nitrogen and oxygen atoms in total. The van der Waals surface area contributed by atoms with Gasteiger partial charge in [-0.1, -0.05) is 36.4 Å². The average Bonchev–Trinajstić information content (AvgIpc) is 3.49. The van der Waals surface area contributed by atoms with Gasteiger partial charge in [-0.25, -0.2) is 13.6 Å². The maximum atomic E-state index is 14.0. The number of rotatable bonds is 7. The Morgan fingerprint density at radius 2 is 1.91 bits per heavy atom. The number of carbonyl (C=O) groups is 1. The molecule has 0 amide bonds. The Kier molecular flexibility index (Phi) is 6.08. The zero-order valence-electron chi connectivity index (χ0n) is 18.8. The Hall–Kier alpha value is -1.83. The number of esters is 1. The van der Waals surface area contributed by atoms with Crippen molar-refractivity contribution in [1.29, 1.82) is 0 Å². The molecule has 178 valence electrons. The summed E-state index contributed by atoms with van der Waals surface area (Å²) in [6.45, 7) is 3.89. The Morgan fingerprint density at radius 1 is 1.15 bits per heavy atom. The highest BCUT2D eigenvalue weighted by molar-refractivity contribution is 7.10. The first-order valence-corrected chi connectivity index (χ1v) is 12.9. The van der Waals surface area contributed by atoms with Crippen LogP contribution in [0.25, 0.3) is 0 Å². The van der Waals surface area contributed by atoms with Gasteiger partial charge in [-0.15, -0.1) is 11.3 Å². The van der Waals surface area contributed by atoms with Crippen molar-refractivity contribution < 1.29 is 27.9 Å². The first kappa shape index (κ1) is 22.9. The van der Waals surface area contributed by atoms with Gasteiger partial charge in [0.15, 0.2) is 11.7 Å². The number of alkyl halides is 2. The van der Waals surface area contributed by atoms with Crippen LogP contribution in [0.5, 0.6) is 0 Å². The predicted molar refractivity (Wildman–Crippen MR) is 123 cm³/mol. The van der Waals surface area contributed by atoms with Crippen LogP contribution in [-0.2, 0) is 21.6 Å².